The zero-order valence-electron chi connectivity index (χ0n) is 11.8. The number of halogens is 1. The highest BCUT2D eigenvalue weighted by Crippen LogP contribution is 2.24. The van der Waals surface area contributed by atoms with E-state index in [0.717, 1.165) is 34.3 Å². The summed E-state index contributed by atoms with van der Waals surface area (Å²) in [4.78, 5) is 11.1. The van der Waals surface area contributed by atoms with Crippen molar-refractivity contribution in [1.82, 2.24) is 9.78 Å². The van der Waals surface area contributed by atoms with Gasteiger partial charge >= 0.3 is 0 Å². The molecule has 20 heavy (non-hydrogen) atoms. The topological polar surface area (TPSA) is 44.1 Å². The molecule has 2 aromatic rings. The van der Waals surface area contributed by atoms with Gasteiger partial charge in [-0.05, 0) is 48.8 Å². The Morgan fingerprint density at radius 3 is 2.80 bits per heavy atom. The normalized spacial score (nSPS) is 10.6. The van der Waals surface area contributed by atoms with E-state index in [1.807, 2.05) is 43.7 Å². The summed E-state index contributed by atoms with van der Waals surface area (Å²) in [6, 6.07) is 5.58. The number of nitrogens with zero attached hydrogens (tertiary/aromatic N) is 2. The van der Waals surface area contributed by atoms with Crippen LogP contribution in [0.1, 0.15) is 34.2 Å². The minimum Gasteiger partial charge on any atom is -0.487 e. The van der Waals surface area contributed by atoms with Crippen molar-refractivity contribution in [2.75, 3.05) is 0 Å². The van der Waals surface area contributed by atoms with Crippen LogP contribution in [0.3, 0.4) is 0 Å². The number of hydrogen-bond acceptors (Lipinski definition) is 3. The average Bonchev–Trinajstić information content (AvgIpc) is 2.72. The number of carbonyl (C=O) groups is 1. The highest BCUT2D eigenvalue weighted by molar-refractivity contribution is 9.10. The number of hydrogen-bond donors (Lipinski definition) is 0. The maximum Gasteiger partial charge on any atom is 0.153 e. The standard InChI is InChI=1S/C15H17BrN2O2/c1-4-18-13(15(16)11(3)17-18)9-20-14-6-5-10(2)7-12(14)8-19/h5-8H,4,9H2,1-3H3. The molecule has 0 aliphatic rings. The third-order valence-electron chi connectivity index (χ3n) is 3.11. The van der Waals surface area contributed by atoms with E-state index < -0.39 is 0 Å². The molecule has 0 spiro atoms. The number of carbonyl (C=O) groups excluding carboxylic acids is 1. The number of aldehydes is 1. The SMILES string of the molecule is CCn1nc(C)c(Br)c1COc1ccc(C)cc1C=O. The minimum atomic E-state index is 0.374. The molecule has 0 unspecified atom stereocenters. The monoisotopic (exact) mass is 336 g/mol. The van der Waals surface area contributed by atoms with Crippen molar-refractivity contribution < 1.29 is 9.53 Å². The molecule has 0 saturated heterocycles. The van der Waals surface area contributed by atoms with E-state index in [-0.39, 0.29) is 0 Å². The molecule has 2 rings (SSSR count). The first-order valence-corrected chi connectivity index (χ1v) is 7.26. The molecule has 0 N–H and O–H groups in total. The molecule has 0 fully saturated rings. The summed E-state index contributed by atoms with van der Waals surface area (Å²) in [5.74, 6) is 0.596. The van der Waals surface area contributed by atoms with Gasteiger partial charge in [0.1, 0.15) is 12.4 Å². The molecule has 0 atom stereocenters. The molecule has 0 aliphatic carbocycles. The van der Waals surface area contributed by atoms with E-state index in [2.05, 4.69) is 21.0 Å². The number of aryl methyl sites for hydroxylation is 3. The number of benzene rings is 1. The minimum absolute atomic E-state index is 0.374. The second kappa shape index (κ2) is 6.22. The fraction of sp³-hybridized carbons (Fsp3) is 0.333. The quantitative estimate of drug-likeness (QED) is 0.782. The van der Waals surface area contributed by atoms with Gasteiger partial charge in [0.05, 0.1) is 21.4 Å². The molecular weight excluding hydrogens is 320 g/mol. The Morgan fingerprint density at radius 2 is 2.15 bits per heavy atom. The second-order valence-electron chi connectivity index (χ2n) is 4.61. The Kier molecular flexibility index (Phi) is 4.60. The van der Waals surface area contributed by atoms with Gasteiger partial charge in [-0.3, -0.25) is 9.48 Å². The second-order valence-corrected chi connectivity index (χ2v) is 5.40. The van der Waals surface area contributed by atoms with Gasteiger partial charge in [-0.1, -0.05) is 11.6 Å². The molecular formula is C15H17BrN2O2. The molecule has 4 nitrogen and oxygen atoms in total. The first kappa shape index (κ1) is 14.8. The summed E-state index contributed by atoms with van der Waals surface area (Å²) in [5, 5.41) is 4.42. The molecule has 1 aromatic carbocycles. The van der Waals surface area contributed by atoms with Gasteiger partial charge < -0.3 is 4.74 Å². The zero-order valence-corrected chi connectivity index (χ0v) is 13.4. The van der Waals surface area contributed by atoms with Crippen LogP contribution in [-0.4, -0.2) is 16.1 Å². The molecule has 0 radical (unpaired) electrons. The summed E-state index contributed by atoms with van der Waals surface area (Å²) < 4.78 is 8.64. The number of rotatable bonds is 5. The third kappa shape index (κ3) is 2.93. The Labute approximate surface area is 126 Å². The van der Waals surface area contributed by atoms with E-state index in [4.69, 9.17) is 4.74 Å². The van der Waals surface area contributed by atoms with Crippen molar-refractivity contribution >= 4 is 22.2 Å². The average molecular weight is 337 g/mol. The lowest BCUT2D eigenvalue weighted by Gasteiger charge is -2.10. The molecule has 5 heteroatoms. The summed E-state index contributed by atoms with van der Waals surface area (Å²) in [6.45, 7) is 7.08. The van der Waals surface area contributed by atoms with Gasteiger partial charge in [0.15, 0.2) is 6.29 Å². The van der Waals surface area contributed by atoms with Crippen LogP contribution < -0.4 is 4.74 Å². The first-order chi connectivity index (χ1) is 9.56. The molecule has 0 amide bonds. The number of aromatic nitrogens is 2. The van der Waals surface area contributed by atoms with Crippen LogP contribution in [0.5, 0.6) is 5.75 Å². The van der Waals surface area contributed by atoms with Crippen molar-refractivity contribution in [2.24, 2.45) is 0 Å². The van der Waals surface area contributed by atoms with E-state index >= 15 is 0 Å². The molecule has 1 aromatic heterocycles. The molecule has 0 bridgehead atoms. The summed E-state index contributed by atoms with van der Waals surface area (Å²) in [7, 11) is 0. The largest absolute Gasteiger partial charge is 0.487 e. The van der Waals surface area contributed by atoms with Gasteiger partial charge in [0.2, 0.25) is 0 Å². The van der Waals surface area contributed by atoms with Crippen molar-refractivity contribution in [3.05, 3.63) is 45.2 Å². The van der Waals surface area contributed by atoms with Gasteiger partial charge in [0.25, 0.3) is 0 Å². The Bertz CT molecular complexity index is 635. The Morgan fingerprint density at radius 1 is 1.40 bits per heavy atom. The highest BCUT2D eigenvalue weighted by atomic mass is 79.9. The van der Waals surface area contributed by atoms with Crippen LogP contribution in [0, 0.1) is 13.8 Å². The fourth-order valence-corrected chi connectivity index (χ4v) is 2.44. The number of ether oxygens (including phenoxy) is 1. The smallest absolute Gasteiger partial charge is 0.153 e. The Hall–Kier alpha value is -1.62. The predicted molar refractivity (Wildman–Crippen MR) is 81.2 cm³/mol. The van der Waals surface area contributed by atoms with Crippen LogP contribution in [0.15, 0.2) is 22.7 Å². The maximum atomic E-state index is 11.1. The molecule has 0 saturated carbocycles. The zero-order chi connectivity index (χ0) is 14.7. The van der Waals surface area contributed by atoms with Crippen LogP contribution in [0.4, 0.5) is 0 Å². The van der Waals surface area contributed by atoms with Crippen molar-refractivity contribution in [2.45, 2.75) is 33.9 Å². The van der Waals surface area contributed by atoms with Gasteiger partial charge in [-0.15, -0.1) is 0 Å². The van der Waals surface area contributed by atoms with Crippen LogP contribution in [0.2, 0.25) is 0 Å². The predicted octanol–water partition coefficient (Wildman–Crippen LogP) is 3.67. The fourth-order valence-electron chi connectivity index (χ4n) is 2.04. The molecule has 106 valence electrons. The van der Waals surface area contributed by atoms with Gasteiger partial charge in [0, 0.05) is 6.54 Å². The maximum absolute atomic E-state index is 11.1. The van der Waals surface area contributed by atoms with Crippen molar-refractivity contribution in [3.63, 3.8) is 0 Å². The lowest BCUT2D eigenvalue weighted by molar-refractivity contribution is 0.111. The van der Waals surface area contributed by atoms with Crippen LogP contribution in [-0.2, 0) is 13.2 Å². The summed E-state index contributed by atoms with van der Waals surface area (Å²) in [6.07, 6.45) is 0.819. The van der Waals surface area contributed by atoms with Crippen molar-refractivity contribution in [1.29, 1.82) is 0 Å². The summed E-state index contributed by atoms with van der Waals surface area (Å²) >= 11 is 3.53. The Balaban J connectivity index is 2.23. The lowest BCUT2D eigenvalue weighted by atomic mass is 10.1. The highest BCUT2D eigenvalue weighted by Gasteiger charge is 2.13. The van der Waals surface area contributed by atoms with E-state index in [0.29, 0.717) is 17.9 Å². The van der Waals surface area contributed by atoms with Gasteiger partial charge in [-0.25, -0.2) is 0 Å². The summed E-state index contributed by atoms with van der Waals surface area (Å²) in [5.41, 5.74) is 3.52. The van der Waals surface area contributed by atoms with E-state index in [1.54, 1.807) is 0 Å². The molecule has 0 aliphatic heterocycles. The molecule has 1 heterocycles. The van der Waals surface area contributed by atoms with Gasteiger partial charge in [-0.2, -0.15) is 5.10 Å². The lowest BCUT2D eigenvalue weighted by Crippen LogP contribution is -2.07. The van der Waals surface area contributed by atoms with E-state index in [9.17, 15) is 4.79 Å². The van der Waals surface area contributed by atoms with E-state index in [1.165, 1.54) is 0 Å². The third-order valence-corrected chi connectivity index (χ3v) is 4.14. The van der Waals surface area contributed by atoms with Crippen molar-refractivity contribution in [3.8, 4) is 5.75 Å². The van der Waals surface area contributed by atoms with Crippen LogP contribution >= 0.6 is 15.9 Å². The first-order valence-electron chi connectivity index (χ1n) is 6.47. The van der Waals surface area contributed by atoms with Crippen LogP contribution in [0.25, 0.3) is 0 Å².